The Kier molecular flexibility index (Phi) is 6.86. The summed E-state index contributed by atoms with van der Waals surface area (Å²) in [6.07, 6.45) is -0.977. The fourth-order valence-electron chi connectivity index (χ4n) is 2.54. The van der Waals surface area contributed by atoms with Crippen molar-refractivity contribution in [3.8, 4) is 0 Å². The molecule has 0 spiro atoms. The zero-order chi connectivity index (χ0) is 20.8. The Labute approximate surface area is 163 Å². The molecule has 1 atom stereocenters. The van der Waals surface area contributed by atoms with Crippen LogP contribution in [0.4, 0.5) is 10.5 Å². The van der Waals surface area contributed by atoms with Crippen molar-refractivity contribution >= 4 is 35.2 Å². The Morgan fingerprint density at radius 1 is 1.25 bits per heavy atom. The molecule has 9 nitrogen and oxygen atoms in total. The van der Waals surface area contributed by atoms with Crippen LogP contribution in [-0.4, -0.2) is 42.2 Å². The second-order valence-electron chi connectivity index (χ2n) is 6.44. The lowest BCUT2D eigenvalue weighted by Crippen LogP contribution is -2.45. The van der Waals surface area contributed by atoms with Gasteiger partial charge in [-0.3, -0.25) is 14.9 Å². The van der Waals surface area contributed by atoms with Crippen LogP contribution in [0.25, 0.3) is 0 Å². The second kappa shape index (κ2) is 9.12. The maximum absolute atomic E-state index is 12.4. The van der Waals surface area contributed by atoms with Gasteiger partial charge >= 0.3 is 12.0 Å². The maximum atomic E-state index is 12.4. The van der Waals surface area contributed by atoms with Crippen molar-refractivity contribution in [2.24, 2.45) is 5.10 Å². The first kappa shape index (κ1) is 21.1. The van der Waals surface area contributed by atoms with Gasteiger partial charge in [0.1, 0.15) is 5.71 Å². The summed E-state index contributed by atoms with van der Waals surface area (Å²) in [5.41, 5.74) is 2.43. The van der Waals surface area contributed by atoms with Gasteiger partial charge in [0.25, 0.3) is 5.91 Å². The van der Waals surface area contributed by atoms with Gasteiger partial charge in [-0.25, -0.2) is 9.59 Å². The van der Waals surface area contributed by atoms with Gasteiger partial charge in [0.15, 0.2) is 6.10 Å². The van der Waals surface area contributed by atoms with E-state index in [2.05, 4.69) is 15.7 Å². The molecule has 0 aromatic heterocycles. The van der Waals surface area contributed by atoms with Gasteiger partial charge in [-0.1, -0.05) is 12.1 Å². The summed E-state index contributed by atoms with van der Waals surface area (Å²) in [6.45, 7) is 7.15. The second-order valence-corrected chi connectivity index (χ2v) is 6.44. The van der Waals surface area contributed by atoms with E-state index < -0.39 is 24.0 Å². The molecule has 150 valence electrons. The Bertz CT molecular complexity index is 834. The van der Waals surface area contributed by atoms with Crippen LogP contribution in [0.15, 0.2) is 23.3 Å². The summed E-state index contributed by atoms with van der Waals surface area (Å²) in [6, 6.07) is 4.93. The summed E-state index contributed by atoms with van der Waals surface area (Å²) in [5.74, 6) is -1.79. The van der Waals surface area contributed by atoms with Crippen LogP contribution in [0.1, 0.15) is 37.8 Å². The molecule has 0 aliphatic carbocycles. The van der Waals surface area contributed by atoms with Gasteiger partial charge in [-0.2, -0.15) is 10.1 Å². The number of carbonyl (C=O) groups excluding carboxylic acids is 4. The largest absolute Gasteiger partial charge is 0.448 e. The number of benzene rings is 1. The number of esters is 1. The topological polar surface area (TPSA) is 117 Å². The lowest BCUT2D eigenvalue weighted by molar-refractivity contribution is -0.148. The molecule has 1 aromatic rings. The summed E-state index contributed by atoms with van der Waals surface area (Å²) < 4.78 is 5.10. The molecule has 0 radical (unpaired) electrons. The number of carbonyl (C=O) groups is 4. The molecule has 4 amide bonds. The van der Waals surface area contributed by atoms with E-state index in [1.54, 1.807) is 6.92 Å². The highest BCUT2D eigenvalue weighted by Gasteiger charge is 2.29. The average molecular weight is 388 g/mol. The van der Waals surface area contributed by atoms with Crippen LogP contribution in [0, 0.1) is 13.8 Å². The fraction of sp³-hybridized carbons (Fsp3) is 0.421. The third-order valence-electron chi connectivity index (χ3n) is 4.09. The number of amides is 4. The van der Waals surface area contributed by atoms with Crippen molar-refractivity contribution in [3.63, 3.8) is 0 Å². The average Bonchev–Trinajstić information content (AvgIpc) is 2.64. The molecule has 0 saturated carbocycles. The number of imide groups is 1. The highest BCUT2D eigenvalue weighted by atomic mass is 16.5. The van der Waals surface area contributed by atoms with Gasteiger partial charge in [-0.15, -0.1) is 0 Å². The molecule has 1 unspecified atom stereocenters. The maximum Gasteiger partial charge on any atom is 0.355 e. The quantitative estimate of drug-likeness (QED) is 0.743. The minimum Gasteiger partial charge on any atom is -0.448 e. The highest BCUT2D eigenvalue weighted by Crippen LogP contribution is 2.25. The van der Waals surface area contributed by atoms with E-state index in [9.17, 15) is 19.2 Å². The number of anilines is 1. The Hall–Kier alpha value is -3.23. The highest BCUT2D eigenvalue weighted by molar-refractivity contribution is 6.38. The van der Waals surface area contributed by atoms with Gasteiger partial charge in [0.2, 0.25) is 5.91 Å². The van der Waals surface area contributed by atoms with E-state index in [4.69, 9.17) is 4.74 Å². The zero-order valence-electron chi connectivity index (χ0n) is 16.4. The Balaban J connectivity index is 2.12. The summed E-state index contributed by atoms with van der Waals surface area (Å²) >= 11 is 0. The predicted octanol–water partition coefficient (Wildman–Crippen LogP) is 1.56. The van der Waals surface area contributed by atoms with Crippen LogP contribution < -0.4 is 15.6 Å². The SMILES string of the molecule is CCNC(=O)NC(=O)C(C)OC(=O)C1=NN(c2cc(C)ccc2C)C(=O)CC1. The molecule has 28 heavy (non-hydrogen) atoms. The molecule has 1 aliphatic rings. The number of nitrogens with zero attached hydrogens (tertiary/aromatic N) is 2. The van der Waals surface area contributed by atoms with Crippen molar-refractivity contribution in [3.05, 3.63) is 29.3 Å². The van der Waals surface area contributed by atoms with E-state index in [0.29, 0.717) is 12.2 Å². The smallest absolute Gasteiger partial charge is 0.355 e. The Morgan fingerprint density at radius 2 is 1.96 bits per heavy atom. The van der Waals surface area contributed by atoms with Crippen molar-refractivity contribution in [2.75, 3.05) is 11.6 Å². The summed E-state index contributed by atoms with van der Waals surface area (Å²) in [7, 11) is 0. The number of hydrazone groups is 1. The van der Waals surface area contributed by atoms with E-state index in [1.165, 1.54) is 11.9 Å². The number of nitrogens with one attached hydrogen (secondary N) is 2. The summed E-state index contributed by atoms with van der Waals surface area (Å²) in [5, 5.41) is 9.83. The van der Waals surface area contributed by atoms with Crippen molar-refractivity contribution in [1.82, 2.24) is 10.6 Å². The zero-order valence-corrected chi connectivity index (χ0v) is 16.4. The number of hydrogen-bond acceptors (Lipinski definition) is 6. The molecule has 0 fully saturated rings. The van der Waals surface area contributed by atoms with Gasteiger partial charge in [0.05, 0.1) is 5.69 Å². The predicted molar refractivity (Wildman–Crippen MR) is 103 cm³/mol. The monoisotopic (exact) mass is 388 g/mol. The third-order valence-corrected chi connectivity index (χ3v) is 4.09. The number of hydrogen-bond donors (Lipinski definition) is 2. The van der Waals surface area contributed by atoms with E-state index in [1.807, 2.05) is 32.0 Å². The van der Waals surface area contributed by atoms with Crippen LogP contribution in [0.5, 0.6) is 0 Å². The first-order valence-corrected chi connectivity index (χ1v) is 9.00. The molecule has 9 heteroatoms. The van der Waals surface area contributed by atoms with Crippen molar-refractivity contribution in [1.29, 1.82) is 0 Å². The minimum absolute atomic E-state index is 0.0400. The number of aryl methyl sites for hydroxylation is 2. The Morgan fingerprint density at radius 3 is 2.64 bits per heavy atom. The van der Waals surface area contributed by atoms with E-state index in [0.717, 1.165) is 11.1 Å². The molecule has 1 aromatic carbocycles. The summed E-state index contributed by atoms with van der Waals surface area (Å²) in [4.78, 5) is 48.0. The first-order chi connectivity index (χ1) is 13.2. The van der Waals surface area contributed by atoms with Gasteiger partial charge in [0, 0.05) is 19.4 Å². The van der Waals surface area contributed by atoms with Gasteiger partial charge < -0.3 is 10.1 Å². The molecule has 1 aliphatic heterocycles. The molecule has 2 N–H and O–H groups in total. The van der Waals surface area contributed by atoms with E-state index >= 15 is 0 Å². The molecule has 0 bridgehead atoms. The lowest BCUT2D eigenvalue weighted by Gasteiger charge is -2.25. The first-order valence-electron chi connectivity index (χ1n) is 9.00. The molecule has 0 saturated heterocycles. The van der Waals surface area contributed by atoms with Crippen LogP contribution in [0.2, 0.25) is 0 Å². The molecule has 2 rings (SSSR count). The minimum atomic E-state index is -1.19. The fourth-order valence-corrected chi connectivity index (χ4v) is 2.54. The third kappa shape index (κ3) is 5.15. The van der Waals surface area contributed by atoms with Crippen LogP contribution in [0.3, 0.4) is 0 Å². The number of urea groups is 1. The molecule has 1 heterocycles. The van der Waals surface area contributed by atoms with Crippen molar-refractivity contribution < 1.29 is 23.9 Å². The number of ether oxygens (including phenoxy) is 1. The normalized spacial score (nSPS) is 14.8. The van der Waals surface area contributed by atoms with Crippen LogP contribution >= 0.6 is 0 Å². The standard InChI is InChI=1S/C19H24N4O5/c1-5-20-19(27)21-17(25)13(4)28-18(26)14-8-9-16(24)23(22-14)15-10-11(2)6-7-12(15)3/h6-7,10,13H,5,8-9H2,1-4H3,(H2,20,21,25,27). The number of rotatable bonds is 5. The van der Waals surface area contributed by atoms with Crippen molar-refractivity contribution in [2.45, 2.75) is 46.6 Å². The lowest BCUT2D eigenvalue weighted by atomic mass is 10.1. The van der Waals surface area contributed by atoms with Crippen LogP contribution in [-0.2, 0) is 19.1 Å². The molecular formula is C19H24N4O5. The molecular weight excluding hydrogens is 364 g/mol. The van der Waals surface area contributed by atoms with Gasteiger partial charge in [-0.05, 0) is 44.9 Å². The van der Waals surface area contributed by atoms with E-state index in [-0.39, 0.29) is 24.5 Å².